The van der Waals surface area contributed by atoms with Crippen molar-refractivity contribution in [2.24, 2.45) is 5.92 Å². The fraction of sp³-hybridized carbons (Fsp3) is 0.773. The summed E-state index contributed by atoms with van der Waals surface area (Å²) >= 11 is 0. The second-order valence-corrected chi connectivity index (χ2v) is 10.4. The molecule has 36 heavy (non-hydrogen) atoms. The van der Waals surface area contributed by atoms with Gasteiger partial charge in [-0.3, -0.25) is 14.3 Å². The zero-order chi connectivity index (χ0) is 27.0. The quantitative estimate of drug-likeness (QED) is 0.220. The first kappa shape index (κ1) is 30.4. The Bertz CT molecular complexity index is 976. The number of halogens is 2. The highest BCUT2D eigenvalue weighted by Crippen LogP contribution is 2.47. The van der Waals surface area contributed by atoms with Crippen LogP contribution in [0.1, 0.15) is 40.8 Å². The van der Waals surface area contributed by atoms with E-state index in [1.165, 1.54) is 6.20 Å². The number of H-pyrrole nitrogens is 1. The zero-order valence-electron chi connectivity index (χ0n) is 21.3. The summed E-state index contributed by atoms with van der Waals surface area (Å²) in [5.41, 5.74) is -1.45. The number of hydrogen-bond donors (Lipinski definition) is 1. The van der Waals surface area contributed by atoms with Crippen molar-refractivity contribution < 1.29 is 32.0 Å². The Kier molecular flexibility index (Phi) is 11.6. The van der Waals surface area contributed by atoms with Crippen molar-refractivity contribution in [3.63, 3.8) is 0 Å². The van der Waals surface area contributed by atoms with Crippen molar-refractivity contribution >= 4 is 8.53 Å². The number of aromatic amines is 1. The van der Waals surface area contributed by atoms with Crippen LogP contribution in [-0.4, -0.2) is 78.1 Å². The molecule has 5 atom stereocenters. The van der Waals surface area contributed by atoms with Gasteiger partial charge in [0.1, 0.15) is 19.3 Å². The van der Waals surface area contributed by atoms with Crippen LogP contribution in [0.4, 0.5) is 8.78 Å². The average molecular weight is 537 g/mol. The van der Waals surface area contributed by atoms with Crippen LogP contribution in [0.25, 0.3) is 4.85 Å². The molecular weight excluding hydrogens is 501 g/mol. The van der Waals surface area contributed by atoms with Gasteiger partial charge in [0.15, 0.2) is 6.23 Å². The molecule has 2 rings (SSSR count). The molecule has 1 aromatic heterocycles. The van der Waals surface area contributed by atoms with E-state index in [0.29, 0.717) is 0 Å². The molecule has 0 radical (unpaired) electrons. The molecule has 14 heteroatoms. The summed E-state index contributed by atoms with van der Waals surface area (Å²) in [5, 5.41) is 0. The molecule has 1 unspecified atom stereocenters. The van der Waals surface area contributed by atoms with E-state index in [0.717, 1.165) is 17.7 Å². The number of ether oxygens (including phenoxy) is 3. The van der Waals surface area contributed by atoms with Gasteiger partial charge in [0.2, 0.25) is 6.54 Å². The number of nitrogens with one attached hydrogen (secondary N) is 1. The fourth-order valence-corrected chi connectivity index (χ4v) is 5.51. The molecule has 1 saturated heterocycles. The number of hydrogen-bond acceptors (Lipinski definition) is 8. The standard InChI is InChI=1S/C22H35F2N4O7P/c1-14(2)28(15(3)4)36(32-11-9-25-6)33-12-17-16(5)19(35-22(23,24)13-31-7)20(34-17)27-10-8-18(29)26-21(27)30/h8,10,14-17,19-20H,9,11-13H2,1-5,7H3,(H,26,29,30)/t16-,17-,19-,20-,36?/m1/s1. The Morgan fingerprint density at radius 2 is 1.94 bits per heavy atom. The molecule has 2 heterocycles. The van der Waals surface area contributed by atoms with Crippen molar-refractivity contribution in [3.05, 3.63) is 44.5 Å². The minimum absolute atomic E-state index is 0.0366. The third kappa shape index (κ3) is 8.11. The van der Waals surface area contributed by atoms with E-state index in [9.17, 15) is 18.4 Å². The summed E-state index contributed by atoms with van der Waals surface area (Å²) in [5.74, 6) is -0.636. The third-order valence-corrected chi connectivity index (χ3v) is 7.52. The van der Waals surface area contributed by atoms with Crippen LogP contribution in [-0.2, 0) is 23.3 Å². The smallest absolute Gasteiger partial charge is 0.376 e. The fourth-order valence-electron chi connectivity index (χ4n) is 3.91. The van der Waals surface area contributed by atoms with Crippen LogP contribution in [0.2, 0.25) is 0 Å². The highest BCUT2D eigenvalue weighted by molar-refractivity contribution is 7.44. The predicted octanol–water partition coefficient (Wildman–Crippen LogP) is 2.99. The van der Waals surface area contributed by atoms with Crippen molar-refractivity contribution in [3.8, 4) is 0 Å². The Hall–Kier alpha value is -1.78. The van der Waals surface area contributed by atoms with Crippen molar-refractivity contribution in [1.82, 2.24) is 14.2 Å². The van der Waals surface area contributed by atoms with Crippen LogP contribution in [0, 0.1) is 12.5 Å². The molecule has 0 aliphatic carbocycles. The lowest BCUT2D eigenvalue weighted by Gasteiger charge is -2.36. The van der Waals surface area contributed by atoms with E-state index in [4.69, 9.17) is 25.1 Å². The second-order valence-electron chi connectivity index (χ2n) is 8.91. The van der Waals surface area contributed by atoms with Crippen LogP contribution < -0.4 is 11.2 Å². The zero-order valence-corrected chi connectivity index (χ0v) is 22.2. The average Bonchev–Trinajstić information content (AvgIpc) is 3.06. The number of rotatable bonds is 14. The minimum atomic E-state index is -3.64. The lowest BCUT2D eigenvalue weighted by Crippen LogP contribution is -2.41. The van der Waals surface area contributed by atoms with Gasteiger partial charge in [-0.2, -0.15) is 8.78 Å². The van der Waals surface area contributed by atoms with Crippen LogP contribution in [0.3, 0.4) is 0 Å². The Labute approximate surface area is 210 Å². The number of nitrogens with zero attached hydrogens (tertiary/aromatic N) is 3. The maximum Gasteiger partial charge on any atom is 0.379 e. The van der Waals surface area contributed by atoms with Crippen LogP contribution >= 0.6 is 8.53 Å². The summed E-state index contributed by atoms with van der Waals surface area (Å²) in [4.78, 5) is 29.3. The van der Waals surface area contributed by atoms with Gasteiger partial charge >= 0.3 is 11.8 Å². The summed E-state index contributed by atoms with van der Waals surface area (Å²) in [6.07, 6.45) is -5.72. The highest BCUT2D eigenvalue weighted by atomic mass is 31.2. The third-order valence-electron chi connectivity index (χ3n) is 5.45. The van der Waals surface area contributed by atoms with Gasteiger partial charge in [-0.05, 0) is 27.7 Å². The molecule has 1 fully saturated rings. The van der Waals surface area contributed by atoms with E-state index in [2.05, 4.69) is 14.6 Å². The Balaban J connectivity index is 2.29. The maximum atomic E-state index is 14.4. The SMILES string of the molecule is [C-]#[N+]CCOP(OC[C@H]1O[C@@H](n2ccc(=O)[nH]c2=O)[C@H](OC(F)(F)COC)[C@@H]1C)N(C(C)C)C(C)C. The van der Waals surface area contributed by atoms with E-state index in [1.54, 1.807) is 6.92 Å². The summed E-state index contributed by atoms with van der Waals surface area (Å²) < 4.78 is 59.4. The van der Waals surface area contributed by atoms with Gasteiger partial charge in [0.25, 0.3) is 14.1 Å². The van der Waals surface area contributed by atoms with Gasteiger partial charge in [0, 0.05) is 37.4 Å². The summed E-state index contributed by atoms with van der Waals surface area (Å²) in [6, 6.07) is 1.24. The van der Waals surface area contributed by atoms with Crippen molar-refractivity contribution in [2.45, 2.75) is 71.2 Å². The topological polar surface area (TPSA) is 109 Å². The van der Waals surface area contributed by atoms with Crippen molar-refractivity contribution in [1.29, 1.82) is 0 Å². The van der Waals surface area contributed by atoms with Gasteiger partial charge in [-0.25, -0.2) is 16.0 Å². The largest absolute Gasteiger partial charge is 0.379 e. The molecule has 0 aromatic carbocycles. The second kappa shape index (κ2) is 13.7. The molecule has 204 valence electrons. The van der Waals surface area contributed by atoms with Gasteiger partial charge < -0.3 is 28.1 Å². The molecule has 0 saturated carbocycles. The number of aromatic nitrogens is 2. The summed E-state index contributed by atoms with van der Waals surface area (Å²) in [6.45, 7) is 15.9. The summed E-state index contributed by atoms with van der Waals surface area (Å²) in [7, 11) is -0.468. The van der Waals surface area contributed by atoms with Gasteiger partial charge in [0.05, 0.1) is 12.7 Å². The first-order valence-electron chi connectivity index (χ1n) is 11.6. The van der Waals surface area contributed by atoms with Gasteiger partial charge in [-0.15, -0.1) is 0 Å². The Morgan fingerprint density at radius 3 is 2.50 bits per heavy atom. The van der Waals surface area contributed by atoms with Gasteiger partial charge in [-0.1, -0.05) is 6.92 Å². The van der Waals surface area contributed by atoms with Crippen molar-refractivity contribution in [2.75, 3.05) is 33.5 Å². The lowest BCUT2D eigenvalue weighted by atomic mass is 10.0. The molecule has 1 aliphatic rings. The highest BCUT2D eigenvalue weighted by Gasteiger charge is 2.49. The molecule has 11 nitrogen and oxygen atoms in total. The first-order valence-corrected chi connectivity index (χ1v) is 12.7. The molecule has 1 N–H and O–H groups in total. The first-order chi connectivity index (χ1) is 16.9. The predicted molar refractivity (Wildman–Crippen MR) is 128 cm³/mol. The van der Waals surface area contributed by atoms with E-state index >= 15 is 0 Å². The Morgan fingerprint density at radius 1 is 1.28 bits per heavy atom. The maximum absolute atomic E-state index is 14.4. The molecule has 0 bridgehead atoms. The number of alkyl halides is 2. The molecule has 0 spiro atoms. The molecule has 1 aromatic rings. The molecule has 0 amide bonds. The minimum Gasteiger partial charge on any atom is -0.376 e. The van der Waals surface area contributed by atoms with Crippen LogP contribution in [0.5, 0.6) is 0 Å². The van der Waals surface area contributed by atoms with E-state index < -0.39 is 56.8 Å². The number of methoxy groups -OCH3 is 1. The molecular formula is C22H35F2N4O7P. The normalized spacial score (nSPS) is 23.5. The van der Waals surface area contributed by atoms with E-state index in [1.807, 2.05) is 32.4 Å². The lowest BCUT2D eigenvalue weighted by molar-refractivity contribution is -0.296. The monoisotopic (exact) mass is 536 g/mol. The van der Waals surface area contributed by atoms with Crippen LogP contribution in [0.15, 0.2) is 21.9 Å². The molecule has 1 aliphatic heterocycles. The van der Waals surface area contributed by atoms with E-state index in [-0.39, 0.29) is 31.8 Å².